The number of rotatable bonds is 7. The van der Waals surface area contributed by atoms with Gasteiger partial charge in [0.2, 0.25) is 0 Å². The Morgan fingerprint density at radius 1 is 1.05 bits per heavy atom. The Labute approximate surface area is 228 Å². The largest absolute Gasteiger partial charge is 0.472 e. The molecule has 3 aliphatic carbocycles. The van der Waals surface area contributed by atoms with Crippen LogP contribution in [0.1, 0.15) is 83.8 Å². The molecule has 6 atom stereocenters. The molecule has 38 heavy (non-hydrogen) atoms. The van der Waals surface area contributed by atoms with Crippen molar-refractivity contribution in [3.05, 3.63) is 71.7 Å². The van der Waals surface area contributed by atoms with Crippen molar-refractivity contribution in [1.82, 2.24) is 0 Å². The van der Waals surface area contributed by atoms with Gasteiger partial charge in [-0.1, -0.05) is 76.6 Å². The van der Waals surface area contributed by atoms with E-state index in [1.54, 1.807) is 6.26 Å². The molecule has 3 aliphatic rings. The third-order valence-electron chi connectivity index (χ3n) is 10.9. The van der Waals surface area contributed by atoms with E-state index < -0.39 is 5.41 Å². The van der Waals surface area contributed by atoms with Crippen molar-refractivity contribution in [1.29, 1.82) is 0 Å². The van der Waals surface area contributed by atoms with Crippen molar-refractivity contribution < 1.29 is 14.0 Å². The summed E-state index contributed by atoms with van der Waals surface area (Å²) in [7, 11) is 0. The van der Waals surface area contributed by atoms with Crippen LogP contribution >= 0.6 is 0 Å². The van der Waals surface area contributed by atoms with Crippen molar-refractivity contribution in [2.75, 3.05) is 6.54 Å². The number of benzene rings is 1. The molecule has 5 rings (SSSR count). The average Bonchev–Trinajstić information content (AvgIpc) is 3.53. The van der Waals surface area contributed by atoms with Gasteiger partial charge in [-0.15, -0.1) is 0 Å². The number of hydrogen-bond acceptors (Lipinski definition) is 4. The lowest BCUT2D eigenvalue weighted by Gasteiger charge is -2.60. The molecule has 4 heteroatoms. The molecule has 0 bridgehead atoms. The number of aldehydes is 1. The first kappa shape index (κ1) is 26.8. The van der Waals surface area contributed by atoms with E-state index in [9.17, 15) is 9.59 Å². The van der Waals surface area contributed by atoms with Gasteiger partial charge in [0.05, 0.1) is 12.5 Å². The highest BCUT2D eigenvalue weighted by Gasteiger charge is 2.63. The molecule has 0 amide bonds. The van der Waals surface area contributed by atoms with Gasteiger partial charge in [0.25, 0.3) is 0 Å². The van der Waals surface area contributed by atoms with Gasteiger partial charge >= 0.3 is 0 Å². The van der Waals surface area contributed by atoms with Crippen LogP contribution in [0.2, 0.25) is 0 Å². The number of hydrogen-bond donors (Lipinski definition) is 0. The lowest BCUT2D eigenvalue weighted by molar-refractivity contribution is -0.152. The van der Waals surface area contributed by atoms with E-state index in [0.717, 1.165) is 44.9 Å². The Kier molecular flexibility index (Phi) is 6.90. The van der Waals surface area contributed by atoms with Gasteiger partial charge in [0.15, 0.2) is 0 Å². The van der Waals surface area contributed by atoms with Crippen LogP contribution in [0.25, 0.3) is 0 Å². The van der Waals surface area contributed by atoms with Crippen LogP contribution in [-0.2, 0) is 16.0 Å². The standard InChI is InChI=1S/C34H43NO3/c1-31(2)29(21-36)33(4,18-14-30(31)37)28-13-17-32(3)26(25-16-20-38-22-25)11-12-27(32)34(28,5)23-35-19-15-24-9-7-6-8-10-24/h6-10,12,16,20-23,26,28-29H,11,13-15,17-19H2,1-5H3/t26-,28?,29+,32-,33+,34?/m0/s1. The summed E-state index contributed by atoms with van der Waals surface area (Å²) < 4.78 is 5.50. The first-order chi connectivity index (χ1) is 18.1. The molecule has 0 N–H and O–H groups in total. The predicted molar refractivity (Wildman–Crippen MR) is 152 cm³/mol. The molecular formula is C34H43NO3. The number of nitrogens with zero attached hydrogens (tertiary/aromatic N) is 1. The van der Waals surface area contributed by atoms with Gasteiger partial charge < -0.3 is 9.21 Å². The molecule has 0 saturated heterocycles. The molecule has 4 nitrogen and oxygen atoms in total. The maximum absolute atomic E-state index is 13.0. The van der Waals surface area contributed by atoms with Crippen LogP contribution in [-0.4, -0.2) is 24.8 Å². The van der Waals surface area contributed by atoms with Crippen LogP contribution < -0.4 is 0 Å². The topological polar surface area (TPSA) is 59.6 Å². The van der Waals surface area contributed by atoms with E-state index in [0.29, 0.717) is 12.3 Å². The van der Waals surface area contributed by atoms with Gasteiger partial charge in [-0.3, -0.25) is 9.79 Å². The monoisotopic (exact) mass is 513 g/mol. The lowest BCUT2D eigenvalue weighted by Crippen LogP contribution is -2.57. The second-order valence-corrected chi connectivity index (χ2v) is 13.3. The number of ketones is 1. The zero-order chi connectivity index (χ0) is 27.2. The van der Waals surface area contributed by atoms with Crippen molar-refractivity contribution in [2.24, 2.45) is 38.5 Å². The summed E-state index contributed by atoms with van der Waals surface area (Å²) >= 11 is 0. The number of furan rings is 1. The van der Waals surface area contributed by atoms with E-state index in [-0.39, 0.29) is 33.9 Å². The second-order valence-electron chi connectivity index (χ2n) is 13.3. The van der Waals surface area contributed by atoms with Crippen molar-refractivity contribution in [2.45, 2.75) is 79.1 Å². The minimum absolute atomic E-state index is 0.00755. The van der Waals surface area contributed by atoms with Gasteiger partial charge in [-0.05, 0) is 72.0 Å². The van der Waals surface area contributed by atoms with Gasteiger partial charge in [0.1, 0.15) is 12.1 Å². The van der Waals surface area contributed by atoms with Crippen LogP contribution in [0.5, 0.6) is 0 Å². The molecular weight excluding hydrogens is 470 g/mol. The van der Waals surface area contributed by atoms with Gasteiger partial charge in [-0.2, -0.15) is 0 Å². The molecule has 2 unspecified atom stereocenters. The number of allylic oxidation sites excluding steroid dienone is 2. The first-order valence-electron chi connectivity index (χ1n) is 14.3. The molecule has 2 aromatic rings. The average molecular weight is 514 g/mol. The summed E-state index contributed by atoms with van der Waals surface area (Å²) in [6, 6.07) is 12.6. The Hall–Kier alpha value is -2.75. The molecule has 1 aromatic heterocycles. The minimum Gasteiger partial charge on any atom is -0.472 e. The number of aliphatic imine (C=N–C) groups is 1. The minimum atomic E-state index is -0.649. The Morgan fingerprint density at radius 2 is 1.82 bits per heavy atom. The third kappa shape index (κ3) is 4.15. The summed E-state index contributed by atoms with van der Waals surface area (Å²) in [5.41, 5.74) is 2.79. The molecule has 2 saturated carbocycles. The van der Waals surface area contributed by atoms with Crippen molar-refractivity contribution in [3.63, 3.8) is 0 Å². The Morgan fingerprint density at radius 3 is 2.50 bits per heavy atom. The molecule has 1 heterocycles. The zero-order valence-corrected chi connectivity index (χ0v) is 23.7. The van der Waals surface area contributed by atoms with E-state index in [1.807, 2.05) is 26.2 Å². The Balaban J connectivity index is 1.53. The highest BCUT2D eigenvalue weighted by atomic mass is 16.3. The number of fused-ring (bicyclic) bond motifs is 1. The van der Waals surface area contributed by atoms with Gasteiger partial charge in [-0.25, -0.2) is 0 Å². The maximum Gasteiger partial charge on any atom is 0.139 e. The summed E-state index contributed by atoms with van der Waals surface area (Å²) in [4.78, 5) is 30.7. The van der Waals surface area contributed by atoms with E-state index >= 15 is 0 Å². The molecule has 0 radical (unpaired) electrons. The maximum atomic E-state index is 13.0. The predicted octanol–water partition coefficient (Wildman–Crippen LogP) is 7.64. The third-order valence-corrected chi connectivity index (χ3v) is 10.9. The van der Waals surface area contributed by atoms with Crippen LogP contribution in [0.3, 0.4) is 0 Å². The first-order valence-corrected chi connectivity index (χ1v) is 14.3. The molecule has 0 aliphatic heterocycles. The molecule has 0 spiro atoms. The van der Waals surface area contributed by atoms with Crippen molar-refractivity contribution >= 4 is 18.3 Å². The van der Waals surface area contributed by atoms with E-state index in [2.05, 4.69) is 63.4 Å². The fourth-order valence-corrected chi connectivity index (χ4v) is 8.81. The number of Topliss-reactive ketones (excluding diaryl/α,β-unsaturated/α-hetero) is 1. The van der Waals surface area contributed by atoms with Crippen molar-refractivity contribution in [3.8, 4) is 0 Å². The number of carbonyl (C=O) groups is 2. The number of carbonyl (C=O) groups excluding carboxylic acids is 2. The molecule has 2 fully saturated rings. The highest BCUT2D eigenvalue weighted by Crippen LogP contribution is 2.68. The van der Waals surface area contributed by atoms with Crippen LogP contribution in [0, 0.1) is 33.5 Å². The van der Waals surface area contributed by atoms with E-state index in [1.165, 1.54) is 16.7 Å². The quantitative estimate of drug-likeness (QED) is 0.217. The Bertz CT molecular complexity index is 1230. The summed E-state index contributed by atoms with van der Waals surface area (Å²) in [5, 5.41) is 0. The fourth-order valence-electron chi connectivity index (χ4n) is 8.81. The SMILES string of the molecule is CC1(C=NCCc2ccccc2)C2=CC[C@@H](c3ccoc3)[C@]2(C)CCC1[C@@]1(C)CCC(=O)C(C)(C)[C@H]1C=O. The summed E-state index contributed by atoms with van der Waals surface area (Å²) in [6.07, 6.45) is 14.7. The highest BCUT2D eigenvalue weighted by molar-refractivity contribution is 5.89. The van der Waals surface area contributed by atoms with Gasteiger partial charge in [0, 0.05) is 35.9 Å². The smallest absolute Gasteiger partial charge is 0.139 e. The second kappa shape index (κ2) is 9.77. The van der Waals surface area contributed by atoms with Crippen LogP contribution in [0.15, 0.2) is 70.0 Å². The lowest BCUT2D eigenvalue weighted by atomic mass is 9.43. The van der Waals surface area contributed by atoms with E-state index in [4.69, 9.17) is 9.41 Å². The zero-order valence-electron chi connectivity index (χ0n) is 23.7. The fraction of sp³-hybridized carbons (Fsp3) is 0.559. The normalized spacial score (nSPS) is 36.7. The summed E-state index contributed by atoms with van der Waals surface area (Å²) in [6.45, 7) is 11.8. The summed E-state index contributed by atoms with van der Waals surface area (Å²) in [5.74, 6) is 0.508. The van der Waals surface area contributed by atoms with Crippen LogP contribution in [0.4, 0.5) is 0 Å². The molecule has 202 valence electrons. The molecule has 1 aromatic carbocycles.